The lowest BCUT2D eigenvalue weighted by Crippen LogP contribution is -2.08. The van der Waals surface area contributed by atoms with Crippen LogP contribution < -0.4 is 0 Å². The summed E-state index contributed by atoms with van der Waals surface area (Å²) in [4.78, 5) is 15.4. The Bertz CT molecular complexity index is 996. The summed E-state index contributed by atoms with van der Waals surface area (Å²) >= 11 is 6.32. The van der Waals surface area contributed by atoms with Gasteiger partial charge in [-0.3, -0.25) is 19.7 Å². The molecular weight excluding hydrogens is 330 g/mol. The summed E-state index contributed by atoms with van der Waals surface area (Å²) in [7, 11) is 0. The van der Waals surface area contributed by atoms with E-state index >= 15 is 0 Å². The minimum atomic E-state index is -0.428. The fraction of sp³-hybridized carbons (Fsp3) is 0.0625. The first kappa shape index (κ1) is 14.5. The highest BCUT2D eigenvalue weighted by Crippen LogP contribution is 2.29. The number of nitrogens with zero attached hydrogens (tertiary/aromatic N) is 5. The molecule has 0 fully saturated rings. The summed E-state index contributed by atoms with van der Waals surface area (Å²) in [6, 6.07) is 11.9. The molecule has 7 nitrogen and oxygen atoms in total. The molecular formula is C16H10ClN5O2. The quantitative estimate of drug-likeness (QED) is 0.530. The van der Waals surface area contributed by atoms with E-state index in [4.69, 9.17) is 11.6 Å². The van der Waals surface area contributed by atoms with Gasteiger partial charge in [-0.2, -0.15) is 0 Å². The molecule has 4 rings (SSSR count). The summed E-state index contributed by atoms with van der Waals surface area (Å²) in [6.07, 6.45) is 1.57. The van der Waals surface area contributed by atoms with Crippen LogP contribution in [0.5, 0.6) is 0 Å². The highest BCUT2D eigenvalue weighted by atomic mass is 35.5. The molecule has 2 heterocycles. The van der Waals surface area contributed by atoms with Gasteiger partial charge in [0.25, 0.3) is 5.69 Å². The zero-order valence-corrected chi connectivity index (χ0v) is 13.0. The van der Waals surface area contributed by atoms with E-state index in [0.717, 1.165) is 11.3 Å². The lowest BCUT2D eigenvalue weighted by Gasteiger charge is -2.12. The van der Waals surface area contributed by atoms with Gasteiger partial charge in [0.2, 0.25) is 0 Å². The van der Waals surface area contributed by atoms with Crippen LogP contribution in [0.4, 0.5) is 5.69 Å². The third-order valence-corrected chi connectivity index (χ3v) is 4.16. The number of aliphatic imine (C=N–C) groups is 1. The van der Waals surface area contributed by atoms with Gasteiger partial charge in [-0.05, 0) is 12.1 Å². The molecule has 0 N–H and O–H groups in total. The highest BCUT2D eigenvalue weighted by Gasteiger charge is 2.23. The van der Waals surface area contributed by atoms with Crippen molar-refractivity contribution in [2.24, 2.45) is 4.99 Å². The van der Waals surface area contributed by atoms with Gasteiger partial charge in [0.1, 0.15) is 12.9 Å². The SMILES string of the molecule is O=[N+]([O-])c1ccc2c(c1)C(c1ccccc1Cl)=NCc1nncn1-2. The van der Waals surface area contributed by atoms with Crippen molar-refractivity contribution in [2.45, 2.75) is 6.54 Å². The number of halogens is 1. The fourth-order valence-electron chi connectivity index (χ4n) is 2.72. The van der Waals surface area contributed by atoms with Gasteiger partial charge in [0.15, 0.2) is 5.82 Å². The van der Waals surface area contributed by atoms with Crippen LogP contribution in [-0.4, -0.2) is 25.4 Å². The number of rotatable bonds is 2. The number of hydrogen-bond donors (Lipinski definition) is 0. The summed E-state index contributed by atoms with van der Waals surface area (Å²) < 4.78 is 1.78. The van der Waals surface area contributed by atoms with E-state index in [0.29, 0.717) is 28.7 Å². The van der Waals surface area contributed by atoms with Crippen molar-refractivity contribution in [2.75, 3.05) is 0 Å². The zero-order chi connectivity index (χ0) is 16.7. The Kier molecular flexibility index (Phi) is 3.35. The van der Waals surface area contributed by atoms with Crippen molar-refractivity contribution < 1.29 is 4.92 Å². The van der Waals surface area contributed by atoms with Crippen LogP contribution in [0.15, 0.2) is 53.8 Å². The topological polar surface area (TPSA) is 86.2 Å². The van der Waals surface area contributed by atoms with Crippen molar-refractivity contribution in [1.82, 2.24) is 14.8 Å². The molecule has 3 aromatic rings. The molecule has 8 heteroatoms. The van der Waals surface area contributed by atoms with E-state index in [-0.39, 0.29) is 5.69 Å². The van der Waals surface area contributed by atoms with E-state index < -0.39 is 4.92 Å². The van der Waals surface area contributed by atoms with Crippen molar-refractivity contribution in [3.63, 3.8) is 0 Å². The summed E-state index contributed by atoms with van der Waals surface area (Å²) in [5.74, 6) is 0.659. The maximum absolute atomic E-state index is 11.2. The molecule has 0 saturated heterocycles. The largest absolute Gasteiger partial charge is 0.283 e. The Morgan fingerprint density at radius 1 is 1.17 bits per heavy atom. The van der Waals surface area contributed by atoms with Gasteiger partial charge in [0.05, 0.1) is 16.3 Å². The molecule has 0 spiro atoms. The summed E-state index contributed by atoms with van der Waals surface area (Å²) in [5.41, 5.74) is 2.67. The number of nitro groups is 1. The van der Waals surface area contributed by atoms with Crippen LogP contribution in [0.1, 0.15) is 17.0 Å². The monoisotopic (exact) mass is 339 g/mol. The van der Waals surface area contributed by atoms with Gasteiger partial charge in [-0.15, -0.1) is 10.2 Å². The molecule has 24 heavy (non-hydrogen) atoms. The van der Waals surface area contributed by atoms with Crippen LogP contribution in [0, 0.1) is 10.1 Å². The fourth-order valence-corrected chi connectivity index (χ4v) is 2.95. The maximum atomic E-state index is 11.2. The van der Waals surface area contributed by atoms with E-state index in [1.165, 1.54) is 12.1 Å². The maximum Gasteiger partial charge on any atom is 0.270 e. The molecule has 1 aliphatic heterocycles. The number of hydrogen-bond acceptors (Lipinski definition) is 5. The van der Waals surface area contributed by atoms with Gasteiger partial charge in [-0.25, -0.2) is 0 Å². The van der Waals surface area contributed by atoms with Gasteiger partial charge >= 0.3 is 0 Å². The minimum absolute atomic E-state index is 0.00923. The predicted octanol–water partition coefficient (Wildman–Crippen LogP) is 3.18. The highest BCUT2D eigenvalue weighted by molar-refractivity contribution is 6.35. The average Bonchev–Trinajstić information content (AvgIpc) is 2.99. The van der Waals surface area contributed by atoms with Crippen molar-refractivity contribution in [3.05, 3.63) is 80.9 Å². The molecule has 1 aliphatic rings. The lowest BCUT2D eigenvalue weighted by atomic mass is 10.00. The smallest absolute Gasteiger partial charge is 0.270 e. The third-order valence-electron chi connectivity index (χ3n) is 3.83. The standard InChI is InChI=1S/C16H10ClN5O2/c17-13-4-2-1-3-11(13)16-12-7-10(22(23)24)5-6-14(12)21-9-19-20-15(21)8-18-16/h1-7,9H,8H2. The molecule has 2 aromatic carbocycles. The second kappa shape index (κ2) is 5.54. The van der Waals surface area contributed by atoms with Crippen molar-refractivity contribution >= 4 is 23.0 Å². The molecule has 0 radical (unpaired) electrons. The summed E-state index contributed by atoms with van der Waals surface area (Å²) in [6.45, 7) is 0.309. The zero-order valence-electron chi connectivity index (χ0n) is 12.3. The Balaban J connectivity index is 2.01. The molecule has 0 unspecified atom stereocenters. The van der Waals surface area contributed by atoms with E-state index in [9.17, 15) is 10.1 Å². The van der Waals surface area contributed by atoms with Gasteiger partial charge in [-0.1, -0.05) is 29.8 Å². The molecule has 0 atom stereocenters. The van der Waals surface area contributed by atoms with Crippen LogP contribution in [0.25, 0.3) is 5.69 Å². The van der Waals surface area contributed by atoms with Crippen LogP contribution in [0.2, 0.25) is 5.02 Å². The second-order valence-electron chi connectivity index (χ2n) is 5.22. The number of non-ortho nitro benzene ring substituents is 1. The van der Waals surface area contributed by atoms with E-state index in [1.807, 2.05) is 18.2 Å². The normalized spacial score (nSPS) is 12.8. The molecule has 118 valence electrons. The van der Waals surface area contributed by atoms with Gasteiger partial charge < -0.3 is 0 Å². The lowest BCUT2D eigenvalue weighted by molar-refractivity contribution is -0.384. The third kappa shape index (κ3) is 2.26. The van der Waals surface area contributed by atoms with Crippen LogP contribution in [-0.2, 0) is 6.54 Å². The Hall–Kier alpha value is -3.06. The minimum Gasteiger partial charge on any atom is -0.283 e. The molecule has 1 aromatic heterocycles. The van der Waals surface area contributed by atoms with Crippen molar-refractivity contribution in [1.29, 1.82) is 0 Å². The van der Waals surface area contributed by atoms with Crippen LogP contribution in [0.3, 0.4) is 0 Å². The average molecular weight is 340 g/mol. The van der Waals surface area contributed by atoms with Gasteiger partial charge in [0, 0.05) is 28.3 Å². The van der Waals surface area contributed by atoms with Crippen molar-refractivity contribution in [3.8, 4) is 5.69 Å². The Labute approximate surface area is 141 Å². The van der Waals surface area contributed by atoms with E-state index in [1.54, 1.807) is 23.0 Å². The van der Waals surface area contributed by atoms with E-state index in [2.05, 4.69) is 15.2 Å². The number of nitro benzene ring substituents is 1. The first-order valence-corrected chi connectivity index (χ1v) is 7.50. The van der Waals surface area contributed by atoms with Crippen LogP contribution >= 0.6 is 11.6 Å². The molecule has 0 aliphatic carbocycles. The number of aromatic nitrogens is 3. The first-order chi connectivity index (χ1) is 11.6. The molecule has 0 saturated carbocycles. The Morgan fingerprint density at radius 2 is 2.00 bits per heavy atom. The Morgan fingerprint density at radius 3 is 2.79 bits per heavy atom. The molecule has 0 amide bonds. The second-order valence-corrected chi connectivity index (χ2v) is 5.63. The number of benzene rings is 2. The molecule has 0 bridgehead atoms. The number of fused-ring (bicyclic) bond motifs is 3. The predicted molar refractivity (Wildman–Crippen MR) is 88.8 cm³/mol. The first-order valence-electron chi connectivity index (χ1n) is 7.12. The summed E-state index contributed by atoms with van der Waals surface area (Å²) in [5, 5.41) is 19.7.